The van der Waals surface area contributed by atoms with Crippen LogP contribution in [0.15, 0.2) is 0 Å². The first-order valence-electron chi connectivity index (χ1n) is 5.62. The highest BCUT2D eigenvalue weighted by Gasteiger charge is 2.14. The largest absolute Gasteiger partial charge is 0.480 e. The maximum absolute atomic E-state index is 10.7. The molecule has 0 aromatic rings. The van der Waals surface area contributed by atoms with E-state index in [-0.39, 0.29) is 0 Å². The Morgan fingerprint density at radius 3 is 2.67 bits per heavy atom. The fraction of sp³-hybridized carbons (Fsp3) is 0.818. The number of hydrogen-bond donors (Lipinski definition) is 2. The van der Waals surface area contributed by atoms with Crippen LogP contribution in [0, 0.1) is 0 Å². The number of carboxylic acid groups (broad SMARTS) is 1. The molecule has 15 heavy (non-hydrogen) atoms. The van der Waals surface area contributed by atoms with Crippen LogP contribution in [0.3, 0.4) is 0 Å². The summed E-state index contributed by atoms with van der Waals surface area (Å²) in [6.07, 6.45) is 5.93. The second-order valence-corrected chi connectivity index (χ2v) is 3.65. The molecular weight excluding hydrogens is 194 g/mol. The summed E-state index contributed by atoms with van der Waals surface area (Å²) in [5.74, 6) is -0.868. The Balaban J connectivity index is 3.57. The first-order valence-corrected chi connectivity index (χ1v) is 5.62. The predicted molar refractivity (Wildman–Crippen MR) is 58.9 cm³/mol. The van der Waals surface area contributed by atoms with Crippen LogP contribution in [0.2, 0.25) is 0 Å². The van der Waals surface area contributed by atoms with Crippen molar-refractivity contribution in [2.24, 2.45) is 0 Å². The molecule has 88 valence electrons. The third kappa shape index (κ3) is 8.12. The number of hydrogen-bond acceptors (Lipinski definition) is 3. The number of carbonyl (C=O) groups excluding carboxylic acids is 1. The summed E-state index contributed by atoms with van der Waals surface area (Å²) in [4.78, 5) is 20.9. The second kappa shape index (κ2) is 9.65. The highest BCUT2D eigenvalue weighted by molar-refractivity contribution is 5.73. The van der Waals surface area contributed by atoms with Crippen LogP contribution < -0.4 is 5.32 Å². The van der Waals surface area contributed by atoms with E-state index < -0.39 is 12.0 Å². The monoisotopic (exact) mass is 215 g/mol. The summed E-state index contributed by atoms with van der Waals surface area (Å²) >= 11 is 0. The number of rotatable bonds is 10. The average molecular weight is 215 g/mol. The highest BCUT2D eigenvalue weighted by Crippen LogP contribution is 2.00. The Morgan fingerprint density at radius 2 is 2.13 bits per heavy atom. The summed E-state index contributed by atoms with van der Waals surface area (Å²) in [5.41, 5.74) is 0. The van der Waals surface area contributed by atoms with Crippen LogP contribution in [0.25, 0.3) is 0 Å². The van der Waals surface area contributed by atoms with Crippen molar-refractivity contribution in [3.05, 3.63) is 0 Å². The Hall–Kier alpha value is -0.900. The Labute approximate surface area is 91.1 Å². The zero-order valence-corrected chi connectivity index (χ0v) is 9.37. The van der Waals surface area contributed by atoms with Crippen molar-refractivity contribution in [1.29, 1.82) is 0 Å². The average Bonchev–Trinajstić information content (AvgIpc) is 2.21. The van der Waals surface area contributed by atoms with E-state index >= 15 is 0 Å². The van der Waals surface area contributed by atoms with Crippen LogP contribution in [-0.4, -0.2) is 29.9 Å². The molecule has 2 N–H and O–H groups in total. The van der Waals surface area contributed by atoms with Crippen molar-refractivity contribution in [1.82, 2.24) is 5.32 Å². The number of aldehydes is 1. The molecule has 0 spiro atoms. The van der Waals surface area contributed by atoms with Crippen LogP contribution in [0.4, 0.5) is 0 Å². The first-order chi connectivity index (χ1) is 7.22. The number of aliphatic carboxylic acids is 1. The fourth-order valence-corrected chi connectivity index (χ4v) is 1.38. The van der Waals surface area contributed by atoms with Crippen molar-refractivity contribution in [2.75, 3.05) is 6.54 Å². The van der Waals surface area contributed by atoms with Gasteiger partial charge >= 0.3 is 5.97 Å². The molecule has 0 heterocycles. The summed E-state index contributed by atoms with van der Waals surface area (Å²) in [7, 11) is 0. The van der Waals surface area contributed by atoms with Gasteiger partial charge in [-0.15, -0.1) is 0 Å². The standard InChI is InChI=1S/C11H21NO3/c1-2-3-4-5-8-12-10(11(14)15)7-6-9-13/h9-10,12H,2-8H2,1H3,(H,14,15). The third-order valence-electron chi connectivity index (χ3n) is 2.29. The van der Waals surface area contributed by atoms with E-state index in [9.17, 15) is 9.59 Å². The van der Waals surface area contributed by atoms with Crippen molar-refractivity contribution in [3.8, 4) is 0 Å². The van der Waals surface area contributed by atoms with Crippen LogP contribution >= 0.6 is 0 Å². The molecule has 0 amide bonds. The van der Waals surface area contributed by atoms with Crippen LogP contribution in [-0.2, 0) is 9.59 Å². The molecule has 1 atom stereocenters. The molecule has 0 rings (SSSR count). The summed E-state index contributed by atoms with van der Waals surface area (Å²) in [5, 5.41) is 11.8. The molecule has 0 aromatic carbocycles. The summed E-state index contributed by atoms with van der Waals surface area (Å²) < 4.78 is 0. The predicted octanol–water partition coefficient (Wildman–Crippen LogP) is 1.59. The molecule has 0 fully saturated rings. The van der Waals surface area contributed by atoms with Gasteiger partial charge in [-0.3, -0.25) is 4.79 Å². The number of nitrogens with one attached hydrogen (secondary N) is 1. The first kappa shape index (κ1) is 14.1. The van der Waals surface area contributed by atoms with E-state index in [2.05, 4.69) is 12.2 Å². The van der Waals surface area contributed by atoms with Crippen LogP contribution in [0.5, 0.6) is 0 Å². The molecule has 0 aliphatic rings. The lowest BCUT2D eigenvalue weighted by Crippen LogP contribution is -2.37. The molecule has 4 nitrogen and oxygen atoms in total. The number of carboxylic acids is 1. The fourth-order valence-electron chi connectivity index (χ4n) is 1.38. The van der Waals surface area contributed by atoms with Gasteiger partial charge in [0, 0.05) is 6.42 Å². The van der Waals surface area contributed by atoms with Gasteiger partial charge in [-0.2, -0.15) is 0 Å². The molecule has 0 aliphatic carbocycles. The molecule has 0 saturated carbocycles. The maximum Gasteiger partial charge on any atom is 0.320 e. The van der Waals surface area contributed by atoms with E-state index in [0.29, 0.717) is 12.8 Å². The van der Waals surface area contributed by atoms with E-state index in [4.69, 9.17) is 5.11 Å². The molecule has 0 aliphatic heterocycles. The molecule has 0 radical (unpaired) electrons. The zero-order valence-electron chi connectivity index (χ0n) is 9.37. The lowest BCUT2D eigenvalue weighted by molar-refractivity contribution is -0.139. The molecule has 0 saturated heterocycles. The van der Waals surface area contributed by atoms with Gasteiger partial charge < -0.3 is 15.2 Å². The summed E-state index contributed by atoms with van der Waals surface area (Å²) in [6, 6.07) is -0.572. The molecular formula is C11H21NO3. The highest BCUT2D eigenvalue weighted by atomic mass is 16.4. The second-order valence-electron chi connectivity index (χ2n) is 3.65. The number of carbonyl (C=O) groups is 2. The lowest BCUT2D eigenvalue weighted by Gasteiger charge is -2.12. The van der Waals surface area contributed by atoms with Gasteiger partial charge in [-0.25, -0.2) is 0 Å². The van der Waals surface area contributed by atoms with Gasteiger partial charge in [0.1, 0.15) is 12.3 Å². The van der Waals surface area contributed by atoms with Gasteiger partial charge in [0.2, 0.25) is 0 Å². The normalized spacial score (nSPS) is 12.3. The van der Waals surface area contributed by atoms with Crippen molar-refractivity contribution in [2.45, 2.75) is 51.5 Å². The zero-order chi connectivity index (χ0) is 11.5. The van der Waals surface area contributed by atoms with E-state index in [1.165, 1.54) is 12.8 Å². The minimum atomic E-state index is -0.868. The minimum absolute atomic E-state index is 0.304. The van der Waals surface area contributed by atoms with Crippen molar-refractivity contribution < 1.29 is 14.7 Å². The topological polar surface area (TPSA) is 66.4 Å². The lowest BCUT2D eigenvalue weighted by atomic mass is 10.1. The Bertz CT molecular complexity index is 183. The SMILES string of the molecule is CCCCCCNC(CCC=O)C(=O)O. The van der Waals surface area contributed by atoms with Gasteiger partial charge in [0.05, 0.1) is 0 Å². The molecule has 0 bridgehead atoms. The molecule has 1 unspecified atom stereocenters. The molecule has 4 heteroatoms. The Morgan fingerprint density at radius 1 is 1.40 bits per heavy atom. The minimum Gasteiger partial charge on any atom is -0.480 e. The van der Waals surface area contributed by atoms with Crippen molar-refractivity contribution in [3.63, 3.8) is 0 Å². The van der Waals surface area contributed by atoms with Gasteiger partial charge in [0.15, 0.2) is 0 Å². The van der Waals surface area contributed by atoms with E-state index in [1.54, 1.807) is 0 Å². The molecule has 0 aromatic heterocycles. The Kier molecular flexibility index (Phi) is 9.07. The maximum atomic E-state index is 10.7. The number of unbranched alkanes of at least 4 members (excludes halogenated alkanes) is 3. The van der Waals surface area contributed by atoms with E-state index in [1.807, 2.05) is 0 Å². The van der Waals surface area contributed by atoms with E-state index in [0.717, 1.165) is 25.7 Å². The van der Waals surface area contributed by atoms with Crippen molar-refractivity contribution >= 4 is 12.3 Å². The quantitative estimate of drug-likeness (QED) is 0.429. The smallest absolute Gasteiger partial charge is 0.320 e. The summed E-state index contributed by atoms with van der Waals surface area (Å²) in [6.45, 7) is 2.85. The third-order valence-corrected chi connectivity index (χ3v) is 2.29. The van der Waals surface area contributed by atoms with Crippen LogP contribution in [0.1, 0.15) is 45.4 Å². The van der Waals surface area contributed by atoms with Gasteiger partial charge in [-0.05, 0) is 19.4 Å². The van der Waals surface area contributed by atoms with Gasteiger partial charge in [0.25, 0.3) is 0 Å². The van der Waals surface area contributed by atoms with Gasteiger partial charge in [-0.1, -0.05) is 26.2 Å².